The van der Waals surface area contributed by atoms with E-state index in [1.807, 2.05) is 53.7 Å². The van der Waals surface area contributed by atoms with Gasteiger partial charge in [0.1, 0.15) is 0 Å². The molecule has 0 aromatic heterocycles. The molecule has 3 nitrogen and oxygen atoms in total. The van der Waals surface area contributed by atoms with E-state index >= 15 is 0 Å². The molecule has 0 unspecified atom stereocenters. The maximum absolute atomic E-state index is 9.83. The predicted molar refractivity (Wildman–Crippen MR) is 104 cm³/mol. The fraction of sp³-hybridized carbons (Fsp3) is 0.765. The zero-order valence-electron chi connectivity index (χ0n) is 16.7. The third-order valence-corrected chi connectivity index (χ3v) is 1.93. The number of hydrogen-bond donors (Lipinski definition) is 0. The molecule has 1 aliphatic rings. The molecule has 0 fully saturated rings. The predicted octanol–water partition coefficient (Wildman–Crippen LogP) is 6.38. The Labute approximate surface area is 179 Å². The smallest absolute Gasteiger partial charge is 4.00 e. The van der Waals surface area contributed by atoms with Crippen LogP contribution in [0.25, 0.3) is 16.0 Å². The molecule has 0 heterocycles. The molecule has 0 N–H and O–H groups in total. The van der Waals surface area contributed by atoms with Gasteiger partial charge in [-0.15, -0.1) is 6.42 Å². The van der Waals surface area contributed by atoms with E-state index in [9.17, 15) is 10.5 Å². The van der Waals surface area contributed by atoms with Crippen LogP contribution < -0.4 is 0 Å². The van der Waals surface area contributed by atoms with Crippen molar-refractivity contribution in [3.05, 3.63) is 40.3 Å². The molecule has 0 atom stereocenters. The first-order valence-corrected chi connectivity index (χ1v) is 10.8. The van der Waals surface area contributed by atoms with E-state index in [1.54, 1.807) is 0 Å². The molecule has 0 aromatic carbocycles. The van der Waals surface area contributed by atoms with E-state index in [0.29, 0.717) is 0 Å². The molecular weight excluding hydrogens is 467 g/mol. The Morgan fingerprint density at radius 2 is 1.04 bits per heavy atom. The molecule has 1 radical (unpaired) electrons. The molecule has 147 valence electrons. The van der Waals surface area contributed by atoms with Gasteiger partial charge in [0.05, 0.1) is 0 Å². The maximum Gasteiger partial charge on any atom is 4.00 e. The quantitative estimate of drug-likeness (QED) is 0.299. The largest absolute Gasteiger partial charge is 4.00 e. The van der Waals surface area contributed by atoms with Crippen LogP contribution >= 0.6 is 0 Å². The van der Waals surface area contributed by atoms with E-state index in [-0.39, 0.29) is 26.2 Å². The summed E-state index contributed by atoms with van der Waals surface area (Å²) >= 11 is -4.83. The van der Waals surface area contributed by atoms with Gasteiger partial charge in [-0.25, -0.2) is 12.2 Å². The Balaban J connectivity index is -0.0000000662. The van der Waals surface area contributed by atoms with Gasteiger partial charge in [0.25, 0.3) is 0 Å². The molecule has 0 amide bonds. The minimum Gasteiger partial charge on any atom is 4.00 e. The molecule has 8 heteroatoms. The Bertz CT molecular complexity index is 202. The van der Waals surface area contributed by atoms with Gasteiger partial charge < -0.3 is 16.0 Å². The molecule has 0 saturated carbocycles. The van der Waals surface area contributed by atoms with Crippen molar-refractivity contribution < 1.29 is 36.7 Å². The molecule has 1 aliphatic carbocycles. The number of allylic oxidation sites excluding steroid dienone is 4. The van der Waals surface area contributed by atoms with Crippen molar-refractivity contribution in [1.29, 1.82) is 0 Å². The number of rotatable bonds is 6. The second-order valence-electron chi connectivity index (χ2n) is 3.79. The topological polar surface area (TPSA) is 42.3 Å². The van der Waals surface area contributed by atoms with Crippen LogP contribution in [0.15, 0.2) is 18.2 Å². The van der Waals surface area contributed by atoms with Crippen molar-refractivity contribution in [1.82, 2.24) is 0 Å². The molecule has 0 saturated heterocycles. The Morgan fingerprint density at radius 1 is 0.760 bits per heavy atom. The summed E-state index contributed by atoms with van der Waals surface area (Å²) in [5.74, 6) is 0. The summed E-state index contributed by atoms with van der Waals surface area (Å²) in [6.07, 6.45) is 10.0. The molecule has 0 aliphatic heterocycles. The maximum atomic E-state index is 9.83. The summed E-state index contributed by atoms with van der Waals surface area (Å²) in [6, 6.07) is 0. The Morgan fingerprint density at radius 3 is 1.08 bits per heavy atom. The van der Waals surface area contributed by atoms with Crippen LogP contribution in [-0.2, 0) is 26.2 Å². The molecular formula is C17H35F3GeN3Zr. The average molecular weight is 502 g/mol. The van der Waals surface area contributed by atoms with Crippen LogP contribution in [-0.4, -0.2) is 55.0 Å². The number of hydrogen-bond acceptors (Lipinski definition) is 0. The Kier molecular flexibility index (Phi) is 64.5. The van der Waals surface area contributed by atoms with Crippen molar-refractivity contribution in [2.45, 2.75) is 48.0 Å². The van der Waals surface area contributed by atoms with Crippen LogP contribution in [0.5, 0.6) is 0 Å². The minimum atomic E-state index is -4.83. The van der Waals surface area contributed by atoms with Crippen molar-refractivity contribution in [2.75, 3.05) is 39.3 Å². The van der Waals surface area contributed by atoms with Gasteiger partial charge in [0.15, 0.2) is 0 Å². The Hall–Kier alpha value is 0.576. The minimum absolute atomic E-state index is 0. The summed E-state index contributed by atoms with van der Waals surface area (Å²) in [5, 5.41) is 11.9. The van der Waals surface area contributed by atoms with Crippen LogP contribution in [0.4, 0.5) is 10.5 Å². The van der Waals surface area contributed by atoms with Gasteiger partial charge in [-0.2, -0.15) is 45.3 Å². The molecule has 0 spiro atoms. The van der Waals surface area contributed by atoms with Crippen LogP contribution in [0.3, 0.4) is 0 Å². The van der Waals surface area contributed by atoms with Crippen molar-refractivity contribution in [2.24, 2.45) is 0 Å². The van der Waals surface area contributed by atoms with Gasteiger partial charge in [0.2, 0.25) is 0 Å². The van der Waals surface area contributed by atoms with Gasteiger partial charge in [-0.05, 0) is 0 Å². The van der Waals surface area contributed by atoms with E-state index in [2.05, 4.69) is 28.1 Å². The fourth-order valence-electron chi connectivity index (χ4n) is 1.01. The van der Waals surface area contributed by atoms with Crippen molar-refractivity contribution in [3.8, 4) is 0 Å². The number of nitrogens with zero attached hydrogens (tertiary/aromatic N) is 3. The summed E-state index contributed by atoms with van der Waals surface area (Å²) in [6.45, 7) is 18.1. The van der Waals surface area contributed by atoms with E-state index in [0.717, 1.165) is 45.7 Å². The summed E-state index contributed by atoms with van der Waals surface area (Å²) in [4.78, 5) is 0. The standard InChI is InChI=1S/C5H5.3C4H10N.F3Ge.Zr/c1-2-4-5-3-1;3*1-3-5-4-2;1-4(2)3;/h1-3H,4H2;3*3-4H2,1-2H3;;/q4*-1;;+4. The SMILES string of the molecule is CC[N-]CC.CC[N-]CC.CC[N-]CC.[C-]1=CC=CC1.[F][Ge]([F])[F].[Zr+4]. The van der Waals surface area contributed by atoms with Crippen LogP contribution in [0.1, 0.15) is 48.0 Å². The normalized spacial score (nSPS) is 10.0. The summed E-state index contributed by atoms with van der Waals surface area (Å²) in [5.41, 5.74) is 0. The van der Waals surface area contributed by atoms with Crippen LogP contribution in [0.2, 0.25) is 0 Å². The zero-order chi connectivity index (χ0) is 19.5. The second-order valence-corrected chi connectivity index (χ2v) is 4.68. The number of halogens is 3. The fourth-order valence-corrected chi connectivity index (χ4v) is 1.01. The van der Waals surface area contributed by atoms with E-state index < -0.39 is 15.7 Å². The second kappa shape index (κ2) is 44.2. The zero-order valence-corrected chi connectivity index (χ0v) is 21.2. The first-order valence-electron chi connectivity index (χ1n) is 8.42. The van der Waals surface area contributed by atoms with Gasteiger partial charge in [-0.1, -0.05) is 41.5 Å². The third kappa shape index (κ3) is 93.5. The van der Waals surface area contributed by atoms with Crippen molar-refractivity contribution in [3.63, 3.8) is 0 Å². The van der Waals surface area contributed by atoms with Gasteiger partial charge >= 0.3 is 52.4 Å². The van der Waals surface area contributed by atoms with Crippen molar-refractivity contribution >= 4 is 15.7 Å². The van der Waals surface area contributed by atoms with E-state index in [4.69, 9.17) is 0 Å². The summed E-state index contributed by atoms with van der Waals surface area (Å²) < 4.78 is 29.5. The average Bonchev–Trinajstić information content (AvgIpc) is 3.10. The van der Waals surface area contributed by atoms with Gasteiger partial charge in [0, 0.05) is 0 Å². The van der Waals surface area contributed by atoms with E-state index in [1.165, 1.54) is 0 Å². The monoisotopic (exact) mass is 502 g/mol. The van der Waals surface area contributed by atoms with Gasteiger partial charge in [-0.3, -0.25) is 6.08 Å². The molecule has 0 aromatic rings. The first-order chi connectivity index (χ1) is 11.5. The molecule has 0 bridgehead atoms. The van der Waals surface area contributed by atoms with Crippen LogP contribution in [0, 0.1) is 6.08 Å². The molecule has 25 heavy (non-hydrogen) atoms. The first kappa shape index (κ1) is 36.5. The molecule has 1 rings (SSSR count). The summed E-state index contributed by atoms with van der Waals surface area (Å²) in [7, 11) is 0. The third-order valence-electron chi connectivity index (χ3n) is 1.93.